The number of nitrogens with one attached hydrogen (secondary N) is 1. The lowest BCUT2D eigenvalue weighted by Crippen LogP contribution is -2.27. The van der Waals surface area contributed by atoms with E-state index in [1.54, 1.807) is 19.1 Å². The number of fused-ring (bicyclic) bond motifs is 1. The Morgan fingerprint density at radius 3 is 2.73 bits per heavy atom. The number of hydrogen-bond donors (Lipinski definition) is 1. The van der Waals surface area contributed by atoms with Crippen LogP contribution in [0.1, 0.15) is 40.3 Å². The number of esters is 1. The number of methoxy groups -OCH3 is 1. The maximum Gasteiger partial charge on any atom is 0.374 e. The third-order valence-electron chi connectivity index (χ3n) is 4.13. The molecule has 0 saturated carbocycles. The van der Waals surface area contributed by atoms with E-state index in [4.69, 9.17) is 13.9 Å². The molecule has 1 N–H and O–H groups in total. The molecule has 3 rings (SSSR count). The van der Waals surface area contributed by atoms with E-state index >= 15 is 0 Å². The quantitative estimate of drug-likeness (QED) is 0.657. The van der Waals surface area contributed by atoms with Crippen molar-refractivity contribution in [3.8, 4) is 5.75 Å². The Kier molecular flexibility index (Phi) is 5.36. The van der Waals surface area contributed by atoms with Crippen molar-refractivity contribution >= 4 is 17.6 Å². The first-order valence-electron chi connectivity index (χ1n) is 8.34. The zero-order valence-corrected chi connectivity index (χ0v) is 14.7. The molecule has 0 fully saturated rings. The number of ether oxygens (including phenoxy) is 2. The average Bonchev–Trinajstić information content (AvgIpc) is 3.02. The van der Waals surface area contributed by atoms with Crippen molar-refractivity contribution in [2.75, 3.05) is 13.7 Å². The van der Waals surface area contributed by atoms with Gasteiger partial charge >= 0.3 is 5.97 Å². The number of hydrogen-bond acceptors (Lipinski definition) is 6. The second-order valence-corrected chi connectivity index (χ2v) is 5.89. The first-order valence-corrected chi connectivity index (χ1v) is 8.34. The maximum atomic E-state index is 12.0. The van der Waals surface area contributed by atoms with Crippen molar-refractivity contribution in [3.63, 3.8) is 0 Å². The first kappa shape index (κ1) is 17.7. The van der Waals surface area contributed by atoms with Gasteiger partial charge in [-0.05, 0) is 31.9 Å². The van der Waals surface area contributed by atoms with E-state index in [9.17, 15) is 9.59 Å². The summed E-state index contributed by atoms with van der Waals surface area (Å²) >= 11 is 0. The highest BCUT2D eigenvalue weighted by molar-refractivity contribution is 6.06. The number of hydrazone groups is 1. The van der Waals surface area contributed by atoms with Crippen molar-refractivity contribution in [3.05, 3.63) is 53.0 Å². The monoisotopic (exact) mass is 356 g/mol. The number of carbonyl (C=O) groups is 2. The molecule has 1 aromatic carbocycles. The second-order valence-electron chi connectivity index (χ2n) is 5.89. The highest BCUT2D eigenvalue weighted by Gasteiger charge is 2.28. The summed E-state index contributed by atoms with van der Waals surface area (Å²) in [5, 5.41) is 4.22. The van der Waals surface area contributed by atoms with Gasteiger partial charge in [0.15, 0.2) is 6.61 Å². The topological polar surface area (TPSA) is 90.1 Å². The van der Waals surface area contributed by atoms with Crippen LogP contribution in [0.15, 0.2) is 39.9 Å². The van der Waals surface area contributed by atoms with Crippen LogP contribution >= 0.6 is 0 Å². The van der Waals surface area contributed by atoms with E-state index in [0.29, 0.717) is 29.2 Å². The predicted molar refractivity (Wildman–Crippen MR) is 94.3 cm³/mol. The van der Waals surface area contributed by atoms with Gasteiger partial charge in [-0.2, -0.15) is 5.10 Å². The summed E-state index contributed by atoms with van der Waals surface area (Å²) in [7, 11) is 1.31. The number of carbonyl (C=O) groups excluding carboxylic acids is 2. The van der Waals surface area contributed by atoms with Gasteiger partial charge in [-0.15, -0.1) is 0 Å². The van der Waals surface area contributed by atoms with Crippen LogP contribution in [-0.4, -0.2) is 31.3 Å². The van der Waals surface area contributed by atoms with Crippen LogP contribution < -0.4 is 10.2 Å². The number of furan rings is 1. The van der Waals surface area contributed by atoms with Crippen LogP contribution in [0.3, 0.4) is 0 Å². The zero-order valence-electron chi connectivity index (χ0n) is 14.7. The average molecular weight is 356 g/mol. The first-order chi connectivity index (χ1) is 12.6. The number of benzene rings is 1. The zero-order chi connectivity index (χ0) is 18.5. The largest absolute Gasteiger partial charge is 0.484 e. The fraction of sp³-hybridized carbons (Fsp3) is 0.316. The van der Waals surface area contributed by atoms with E-state index in [2.05, 4.69) is 10.5 Å². The molecule has 0 saturated heterocycles. The molecule has 0 unspecified atom stereocenters. The molecule has 1 aliphatic rings. The molecular formula is C19H20N2O5. The minimum absolute atomic E-state index is 0.134. The molecule has 0 spiro atoms. The molecule has 0 aliphatic heterocycles. The highest BCUT2D eigenvalue weighted by atomic mass is 16.5. The smallest absolute Gasteiger partial charge is 0.374 e. The van der Waals surface area contributed by atoms with Gasteiger partial charge in [0.25, 0.3) is 5.91 Å². The number of para-hydroxylation sites is 1. The molecule has 2 aromatic rings. The predicted octanol–water partition coefficient (Wildman–Crippen LogP) is 2.61. The summed E-state index contributed by atoms with van der Waals surface area (Å²) in [4.78, 5) is 23.8. The van der Waals surface area contributed by atoms with Crippen molar-refractivity contribution in [2.24, 2.45) is 5.10 Å². The molecule has 26 heavy (non-hydrogen) atoms. The number of aryl methyl sites for hydroxylation is 1. The molecule has 1 heterocycles. The van der Waals surface area contributed by atoms with Crippen molar-refractivity contribution in [2.45, 2.75) is 26.2 Å². The SMILES string of the molecule is COC(=O)c1oc2c(c1C)/C(=N/NC(=O)COc1ccccc1)CCC2. The van der Waals surface area contributed by atoms with E-state index in [0.717, 1.165) is 18.4 Å². The Hall–Kier alpha value is -3.09. The Balaban J connectivity index is 1.69. The molecule has 1 aromatic heterocycles. The van der Waals surface area contributed by atoms with Gasteiger partial charge in [-0.3, -0.25) is 4.79 Å². The lowest BCUT2D eigenvalue weighted by molar-refractivity contribution is -0.123. The minimum atomic E-state index is -0.517. The van der Waals surface area contributed by atoms with Gasteiger partial charge in [0.1, 0.15) is 11.5 Å². The van der Waals surface area contributed by atoms with Crippen LogP contribution in [0.2, 0.25) is 0 Å². The Bertz CT molecular complexity index is 839. The normalized spacial score (nSPS) is 14.6. The van der Waals surface area contributed by atoms with Crippen molar-refractivity contribution in [1.29, 1.82) is 0 Å². The van der Waals surface area contributed by atoms with E-state index < -0.39 is 5.97 Å². The van der Waals surface area contributed by atoms with Gasteiger partial charge in [0, 0.05) is 17.5 Å². The summed E-state index contributed by atoms with van der Waals surface area (Å²) in [6, 6.07) is 9.08. The molecule has 0 bridgehead atoms. The van der Waals surface area contributed by atoms with Crippen LogP contribution in [0.25, 0.3) is 0 Å². The Morgan fingerprint density at radius 2 is 2.00 bits per heavy atom. The van der Waals surface area contributed by atoms with Crippen molar-refractivity contribution in [1.82, 2.24) is 5.43 Å². The number of amides is 1. The third-order valence-corrected chi connectivity index (χ3v) is 4.13. The number of nitrogens with zero attached hydrogens (tertiary/aromatic N) is 1. The van der Waals surface area contributed by atoms with E-state index in [1.165, 1.54) is 7.11 Å². The summed E-state index contributed by atoms with van der Waals surface area (Å²) in [6.07, 6.45) is 2.24. The summed E-state index contributed by atoms with van der Waals surface area (Å²) < 4.78 is 15.8. The molecule has 1 amide bonds. The van der Waals surface area contributed by atoms with Crippen LogP contribution in [-0.2, 0) is 16.0 Å². The summed E-state index contributed by atoms with van der Waals surface area (Å²) in [5.74, 6) is 0.622. The molecule has 0 atom stereocenters. The minimum Gasteiger partial charge on any atom is -0.484 e. The molecule has 136 valence electrons. The van der Waals surface area contributed by atoms with Crippen molar-refractivity contribution < 1.29 is 23.5 Å². The van der Waals surface area contributed by atoms with E-state index in [-0.39, 0.29) is 18.3 Å². The fourth-order valence-corrected chi connectivity index (χ4v) is 2.90. The van der Waals surface area contributed by atoms with Gasteiger partial charge in [-0.1, -0.05) is 18.2 Å². The van der Waals surface area contributed by atoms with Crippen LogP contribution in [0.4, 0.5) is 0 Å². The molecule has 7 nitrogen and oxygen atoms in total. The van der Waals surface area contributed by atoms with E-state index in [1.807, 2.05) is 18.2 Å². The fourth-order valence-electron chi connectivity index (χ4n) is 2.90. The summed E-state index contributed by atoms with van der Waals surface area (Å²) in [5.41, 5.74) is 4.66. The van der Waals surface area contributed by atoms with Crippen LogP contribution in [0, 0.1) is 6.92 Å². The van der Waals surface area contributed by atoms with Gasteiger partial charge in [-0.25, -0.2) is 10.2 Å². The van der Waals surface area contributed by atoms with Gasteiger partial charge in [0.2, 0.25) is 5.76 Å². The molecule has 1 aliphatic carbocycles. The van der Waals surface area contributed by atoms with Gasteiger partial charge in [0.05, 0.1) is 12.8 Å². The second kappa shape index (κ2) is 7.86. The Labute approximate surface area is 151 Å². The Morgan fingerprint density at radius 1 is 1.23 bits per heavy atom. The van der Waals surface area contributed by atoms with Gasteiger partial charge < -0.3 is 13.9 Å². The highest BCUT2D eigenvalue weighted by Crippen LogP contribution is 2.30. The molecule has 0 radical (unpaired) electrons. The third kappa shape index (κ3) is 3.77. The molecule has 7 heteroatoms. The number of rotatable bonds is 5. The lowest BCUT2D eigenvalue weighted by atomic mass is 9.93. The van der Waals surface area contributed by atoms with Crippen LogP contribution in [0.5, 0.6) is 5.75 Å². The standard InChI is InChI=1S/C19H20N2O5/c1-12-17-14(9-6-10-15(17)26-18(12)19(23)24-2)20-21-16(22)11-25-13-7-4-3-5-8-13/h3-5,7-8H,6,9-11H2,1-2H3,(H,21,22)/b20-14+. The maximum absolute atomic E-state index is 12.0. The summed E-state index contributed by atoms with van der Waals surface area (Å²) in [6.45, 7) is 1.65. The molecular weight excluding hydrogens is 336 g/mol. The lowest BCUT2D eigenvalue weighted by Gasteiger charge is -2.13.